The molecule has 1 heterocycles. The van der Waals surface area contributed by atoms with Crippen LogP contribution in [0.2, 0.25) is 0 Å². The van der Waals surface area contributed by atoms with Crippen molar-refractivity contribution in [1.82, 2.24) is 10.2 Å². The second-order valence-electron chi connectivity index (χ2n) is 6.17. The standard InChI is InChI=1S/C20H26N2O/c1-16-6-3-4-7-19(16)20(22-14-5-12-21-13-15-22)17-8-10-18(23-2)11-9-17/h3-4,6-11,20-21H,5,12-15H2,1-2H3. The van der Waals surface area contributed by atoms with E-state index < -0.39 is 0 Å². The van der Waals surface area contributed by atoms with Gasteiger partial charge in [-0.2, -0.15) is 0 Å². The molecular weight excluding hydrogens is 284 g/mol. The molecule has 1 fully saturated rings. The van der Waals surface area contributed by atoms with E-state index in [9.17, 15) is 0 Å². The van der Waals surface area contributed by atoms with Gasteiger partial charge in [-0.05, 0) is 48.7 Å². The van der Waals surface area contributed by atoms with E-state index in [0.717, 1.165) is 31.9 Å². The van der Waals surface area contributed by atoms with Crippen LogP contribution in [0.4, 0.5) is 0 Å². The number of hydrogen-bond acceptors (Lipinski definition) is 3. The predicted molar refractivity (Wildman–Crippen MR) is 95.1 cm³/mol. The van der Waals surface area contributed by atoms with Crippen molar-refractivity contribution in [3.05, 3.63) is 65.2 Å². The Morgan fingerprint density at radius 1 is 1.00 bits per heavy atom. The second kappa shape index (κ2) is 7.62. The topological polar surface area (TPSA) is 24.5 Å². The molecule has 1 N–H and O–H groups in total. The van der Waals surface area contributed by atoms with Crippen LogP contribution in [0, 0.1) is 6.92 Å². The maximum Gasteiger partial charge on any atom is 0.118 e. The van der Waals surface area contributed by atoms with Crippen molar-refractivity contribution in [2.75, 3.05) is 33.3 Å². The third-order valence-electron chi connectivity index (χ3n) is 4.65. The van der Waals surface area contributed by atoms with Gasteiger partial charge in [0.15, 0.2) is 0 Å². The molecule has 0 amide bonds. The summed E-state index contributed by atoms with van der Waals surface area (Å²) in [4.78, 5) is 2.60. The minimum absolute atomic E-state index is 0.307. The Hall–Kier alpha value is -1.84. The Morgan fingerprint density at radius 2 is 1.78 bits per heavy atom. The first-order chi connectivity index (χ1) is 11.3. The highest BCUT2D eigenvalue weighted by Crippen LogP contribution is 2.32. The van der Waals surface area contributed by atoms with Gasteiger partial charge in [0.25, 0.3) is 0 Å². The SMILES string of the molecule is COc1ccc(C(c2ccccc2C)N2CCCNCC2)cc1. The lowest BCUT2D eigenvalue weighted by Crippen LogP contribution is -2.33. The van der Waals surface area contributed by atoms with E-state index in [1.807, 2.05) is 0 Å². The number of rotatable bonds is 4. The zero-order valence-electron chi connectivity index (χ0n) is 14.1. The van der Waals surface area contributed by atoms with E-state index >= 15 is 0 Å². The summed E-state index contributed by atoms with van der Waals surface area (Å²) in [7, 11) is 1.72. The summed E-state index contributed by atoms with van der Waals surface area (Å²) >= 11 is 0. The number of aryl methyl sites for hydroxylation is 1. The van der Waals surface area contributed by atoms with Crippen LogP contribution >= 0.6 is 0 Å². The maximum atomic E-state index is 5.32. The molecule has 1 unspecified atom stereocenters. The first-order valence-electron chi connectivity index (χ1n) is 8.44. The zero-order valence-corrected chi connectivity index (χ0v) is 14.1. The molecule has 0 radical (unpaired) electrons. The van der Waals surface area contributed by atoms with E-state index in [0.29, 0.717) is 6.04 Å². The lowest BCUT2D eigenvalue weighted by molar-refractivity contribution is 0.240. The Bertz CT molecular complexity index is 616. The van der Waals surface area contributed by atoms with E-state index in [2.05, 4.69) is 65.7 Å². The smallest absolute Gasteiger partial charge is 0.118 e. The molecule has 1 aliphatic heterocycles. The largest absolute Gasteiger partial charge is 0.497 e. The van der Waals surface area contributed by atoms with E-state index in [1.165, 1.54) is 23.1 Å². The van der Waals surface area contributed by atoms with E-state index in [4.69, 9.17) is 4.74 Å². The van der Waals surface area contributed by atoms with Crippen LogP contribution in [0.3, 0.4) is 0 Å². The summed E-state index contributed by atoms with van der Waals surface area (Å²) in [6, 6.07) is 17.6. The van der Waals surface area contributed by atoms with Crippen molar-refractivity contribution in [1.29, 1.82) is 0 Å². The first-order valence-corrected chi connectivity index (χ1v) is 8.44. The summed E-state index contributed by atoms with van der Waals surface area (Å²) < 4.78 is 5.32. The third-order valence-corrected chi connectivity index (χ3v) is 4.65. The van der Waals surface area contributed by atoms with Crippen LogP contribution in [0.1, 0.15) is 29.2 Å². The molecule has 2 aromatic rings. The maximum absolute atomic E-state index is 5.32. The van der Waals surface area contributed by atoms with Crippen molar-refractivity contribution >= 4 is 0 Å². The Kier molecular flexibility index (Phi) is 5.31. The highest BCUT2D eigenvalue weighted by Gasteiger charge is 2.24. The normalized spacial score (nSPS) is 17.5. The fourth-order valence-electron chi connectivity index (χ4n) is 3.39. The molecule has 0 spiro atoms. The number of nitrogens with one attached hydrogen (secondary N) is 1. The lowest BCUT2D eigenvalue weighted by Gasteiger charge is -2.32. The molecular formula is C20H26N2O. The molecule has 1 atom stereocenters. The van der Waals surface area contributed by atoms with Crippen LogP contribution in [0.15, 0.2) is 48.5 Å². The predicted octanol–water partition coefficient (Wildman–Crippen LogP) is 3.39. The molecule has 0 saturated carbocycles. The van der Waals surface area contributed by atoms with Crippen LogP contribution in [-0.2, 0) is 0 Å². The molecule has 0 bridgehead atoms. The van der Waals surface area contributed by atoms with Crippen LogP contribution in [-0.4, -0.2) is 38.2 Å². The van der Waals surface area contributed by atoms with Crippen LogP contribution in [0.25, 0.3) is 0 Å². The summed E-state index contributed by atoms with van der Waals surface area (Å²) in [5.41, 5.74) is 4.09. The van der Waals surface area contributed by atoms with Gasteiger partial charge in [-0.25, -0.2) is 0 Å². The van der Waals surface area contributed by atoms with Gasteiger partial charge in [0.1, 0.15) is 5.75 Å². The minimum atomic E-state index is 0.307. The molecule has 0 aliphatic carbocycles. The average molecular weight is 310 g/mol. The fraction of sp³-hybridized carbons (Fsp3) is 0.400. The van der Waals surface area contributed by atoms with Gasteiger partial charge < -0.3 is 10.1 Å². The molecule has 1 saturated heterocycles. The fourth-order valence-corrected chi connectivity index (χ4v) is 3.39. The summed E-state index contributed by atoms with van der Waals surface area (Å²) in [5.74, 6) is 0.912. The van der Waals surface area contributed by atoms with Gasteiger partial charge in [-0.3, -0.25) is 4.90 Å². The first kappa shape index (κ1) is 16.0. The molecule has 3 nitrogen and oxygen atoms in total. The number of methoxy groups -OCH3 is 1. The number of hydrogen-bond donors (Lipinski definition) is 1. The third kappa shape index (κ3) is 3.74. The lowest BCUT2D eigenvalue weighted by atomic mass is 9.93. The quantitative estimate of drug-likeness (QED) is 0.937. The van der Waals surface area contributed by atoms with Gasteiger partial charge in [0.2, 0.25) is 0 Å². The molecule has 3 heteroatoms. The molecule has 23 heavy (non-hydrogen) atoms. The van der Waals surface area contributed by atoms with E-state index in [1.54, 1.807) is 7.11 Å². The van der Waals surface area contributed by atoms with Crippen molar-refractivity contribution in [2.24, 2.45) is 0 Å². The van der Waals surface area contributed by atoms with Gasteiger partial charge in [0, 0.05) is 19.6 Å². The Balaban J connectivity index is 1.99. The second-order valence-corrected chi connectivity index (χ2v) is 6.17. The van der Waals surface area contributed by atoms with Gasteiger partial charge in [-0.1, -0.05) is 36.4 Å². The summed E-state index contributed by atoms with van der Waals surface area (Å²) in [6.07, 6.45) is 1.19. The molecule has 122 valence electrons. The molecule has 0 aromatic heterocycles. The average Bonchev–Trinajstić information content (AvgIpc) is 2.87. The molecule has 3 rings (SSSR count). The van der Waals surface area contributed by atoms with E-state index in [-0.39, 0.29) is 0 Å². The van der Waals surface area contributed by atoms with Crippen molar-refractivity contribution < 1.29 is 4.74 Å². The van der Waals surface area contributed by atoms with Crippen molar-refractivity contribution in [3.8, 4) is 5.75 Å². The molecule has 1 aliphatic rings. The van der Waals surface area contributed by atoms with Gasteiger partial charge in [0.05, 0.1) is 13.2 Å². The minimum Gasteiger partial charge on any atom is -0.497 e. The highest BCUT2D eigenvalue weighted by atomic mass is 16.5. The van der Waals surface area contributed by atoms with Crippen molar-refractivity contribution in [2.45, 2.75) is 19.4 Å². The monoisotopic (exact) mass is 310 g/mol. The van der Waals surface area contributed by atoms with Crippen molar-refractivity contribution in [3.63, 3.8) is 0 Å². The Morgan fingerprint density at radius 3 is 2.52 bits per heavy atom. The number of ether oxygens (including phenoxy) is 1. The number of benzene rings is 2. The van der Waals surface area contributed by atoms with Gasteiger partial charge in [-0.15, -0.1) is 0 Å². The number of nitrogens with zero attached hydrogens (tertiary/aromatic N) is 1. The van der Waals surface area contributed by atoms with Crippen LogP contribution in [0.5, 0.6) is 5.75 Å². The zero-order chi connectivity index (χ0) is 16.1. The summed E-state index contributed by atoms with van der Waals surface area (Å²) in [6.45, 7) is 6.57. The molecule has 2 aromatic carbocycles. The van der Waals surface area contributed by atoms with Crippen LogP contribution < -0.4 is 10.1 Å². The van der Waals surface area contributed by atoms with Gasteiger partial charge >= 0.3 is 0 Å². The highest BCUT2D eigenvalue weighted by molar-refractivity contribution is 5.39. The Labute approximate surface area is 139 Å². The summed E-state index contributed by atoms with van der Waals surface area (Å²) in [5, 5.41) is 3.51.